The molecule has 0 bridgehead atoms. The molecule has 0 saturated heterocycles. The Balaban J connectivity index is 2.55. The van der Waals surface area contributed by atoms with Crippen LogP contribution >= 0.6 is 7.94 Å². The van der Waals surface area contributed by atoms with Crippen LogP contribution in [0.2, 0.25) is 0 Å². The second kappa shape index (κ2) is 5.90. The van der Waals surface area contributed by atoms with Gasteiger partial charge in [-0.25, -0.2) is 0 Å². The Morgan fingerprint density at radius 3 is 2.00 bits per heavy atom. The molecule has 4 nitrogen and oxygen atoms in total. The van der Waals surface area contributed by atoms with Crippen LogP contribution in [0, 0.1) is 0 Å². The van der Waals surface area contributed by atoms with Gasteiger partial charge in [0.15, 0.2) is 0 Å². The summed E-state index contributed by atoms with van der Waals surface area (Å²) in [6.45, 7) is 5.67. The van der Waals surface area contributed by atoms with Crippen molar-refractivity contribution in [2.24, 2.45) is 0 Å². The van der Waals surface area contributed by atoms with Crippen molar-refractivity contribution in [2.75, 3.05) is 0 Å². The molecule has 0 aliphatic carbocycles. The third-order valence-electron chi connectivity index (χ3n) is 3.49. The van der Waals surface area contributed by atoms with Crippen molar-refractivity contribution < 1.29 is 19.5 Å². The number of ketones is 1. The van der Waals surface area contributed by atoms with Crippen LogP contribution in [0.1, 0.15) is 42.3 Å². The average molecular weight is 320 g/mol. The molecule has 22 heavy (non-hydrogen) atoms. The van der Waals surface area contributed by atoms with Crippen molar-refractivity contribution in [2.45, 2.75) is 26.2 Å². The van der Waals surface area contributed by atoms with E-state index < -0.39 is 13.4 Å². The number of carbonyl (C=O) groups excluding carboxylic acids is 1. The first kappa shape index (κ1) is 16.8. The molecular weight excluding hydrogens is 299 g/mol. The Kier molecular flexibility index (Phi) is 4.50. The van der Waals surface area contributed by atoms with E-state index in [-0.39, 0.29) is 11.1 Å². The quantitative estimate of drug-likeness (QED) is 0.599. The summed E-state index contributed by atoms with van der Waals surface area (Å²) in [6, 6.07) is 13.5. The molecule has 0 aliphatic rings. The van der Waals surface area contributed by atoms with Gasteiger partial charge in [-0.3, -0.25) is 0 Å². The Labute approximate surface area is 130 Å². The van der Waals surface area contributed by atoms with Crippen molar-refractivity contribution in [1.82, 2.24) is 0 Å². The van der Waals surface area contributed by atoms with Crippen LogP contribution in [0.3, 0.4) is 0 Å². The first-order valence-electron chi connectivity index (χ1n) is 7.02. The first-order chi connectivity index (χ1) is 10.1. The van der Waals surface area contributed by atoms with Crippen molar-refractivity contribution >= 4 is 19.0 Å². The zero-order chi connectivity index (χ0) is 16.5. The molecule has 118 valence electrons. The Morgan fingerprint density at radius 2 is 1.50 bits per heavy atom. The van der Waals surface area contributed by atoms with Gasteiger partial charge in [-0.05, 0) is 0 Å². The summed E-state index contributed by atoms with van der Waals surface area (Å²) in [4.78, 5) is 41.4. The van der Waals surface area contributed by atoms with Crippen molar-refractivity contribution in [1.29, 1.82) is 0 Å². The fraction of sp³-hybridized carbons (Fsp3) is 0.235. The number of carbonyl (C=O) groups is 1. The molecule has 0 aliphatic heterocycles. The molecule has 0 atom stereocenters. The van der Waals surface area contributed by atoms with Gasteiger partial charge in [0.2, 0.25) is 0 Å². The van der Waals surface area contributed by atoms with Crippen LogP contribution in [0.5, 0.6) is 0 Å². The zero-order valence-electron chi connectivity index (χ0n) is 12.9. The van der Waals surface area contributed by atoms with E-state index in [0.29, 0.717) is 16.7 Å². The van der Waals surface area contributed by atoms with Gasteiger partial charge >= 0.3 is 130 Å². The molecule has 0 unspecified atom stereocenters. The predicted molar refractivity (Wildman–Crippen MR) is 89.6 cm³/mol. The maximum absolute atomic E-state index is 12.5. The van der Waals surface area contributed by atoms with Crippen LogP contribution < -0.4 is 5.30 Å². The van der Waals surface area contributed by atoms with Crippen LogP contribution in [0.25, 0.3) is 0 Å². The van der Waals surface area contributed by atoms with E-state index in [1.807, 2.05) is 26.8 Å². The molecule has 0 aromatic heterocycles. The van der Waals surface area contributed by atoms with Gasteiger partial charge in [0.05, 0.1) is 0 Å². The number of rotatable bonds is 3. The number of hydrogen-bond acceptors (Lipinski definition) is 4. The molecule has 0 spiro atoms. The van der Waals surface area contributed by atoms with Crippen molar-refractivity contribution in [3.05, 3.63) is 65.2 Å². The zero-order valence-corrected chi connectivity index (χ0v) is 13.9. The summed E-state index contributed by atoms with van der Waals surface area (Å²) < 4.78 is 0. The van der Waals surface area contributed by atoms with Gasteiger partial charge < -0.3 is 0 Å². The van der Waals surface area contributed by atoms with Crippen LogP contribution in [-0.4, -0.2) is 20.5 Å². The Bertz CT molecular complexity index is 682. The molecule has 2 rings (SSSR count). The summed E-state index contributed by atoms with van der Waals surface area (Å²) in [5.74, 6) is -0.140. The fourth-order valence-corrected chi connectivity index (χ4v) is 3.47. The first-order valence-corrected chi connectivity index (χ1v) is 8.87. The van der Waals surface area contributed by atoms with E-state index in [2.05, 4.69) is 0 Å². The molecular formula is C17H21O4P. The molecule has 2 aromatic rings. The topological polar surface area (TPSA) is 77.8 Å². The predicted octanol–water partition coefficient (Wildman–Crippen LogP) is 2.31. The van der Waals surface area contributed by atoms with E-state index >= 15 is 0 Å². The molecule has 0 radical (unpaired) electrons. The molecule has 0 saturated carbocycles. The van der Waals surface area contributed by atoms with Crippen LogP contribution in [-0.2, 0) is 5.41 Å². The summed E-state index contributed by atoms with van der Waals surface area (Å²) in [7, 11) is -4.44. The minimum absolute atomic E-state index is 0.115. The van der Waals surface area contributed by atoms with Gasteiger partial charge in [0.25, 0.3) is 0 Å². The van der Waals surface area contributed by atoms with Gasteiger partial charge in [-0.15, -0.1) is 0 Å². The maximum atomic E-state index is 12.5. The van der Waals surface area contributed by atoms with Gasteiger partial charge in [0, 0.05) is 0 Å². The molecule has 0 fully saturated rings. The van der Waals surface area contributed by atoms with Crippen LogP contribution in [0.15, 0.2) is 48.5 Å². The monoisotopic (exact) mass is 320 g/mol. The van der Waals surface area contributed by atoms with E-state index in [9.17, 15) is 19.5 Å². The van der Waals surface area contributed by atoms with Crippen molar-refractivity contribution in [3.8, 4) is 0 Å². The SMILES string of the molecule is CC(C)(C)c1cc(C(=O)c2ccccc2)ccc1[PH](O)(O)O. The van der Waals surface area contributed by atoms with Gasteiger partial charge in [0.1, 0.15) is 0 Å². The van der Waals surface area contributed by atoms with Crippen LogP contribution in [0.4, 0.5) is 0 Å². The van der Waals surface area contributed by atoms with Gasteiger partial charge in [-0.1, -0.05) is 0 Å². The summed E-state index contributed by atoms with van der Waals surface area (Å²) >= 11 is 0. The summed E-state index contributed by atoms with van der Waals surface area (Å²) in [6.07, 6.45) is 0. The third kappa shape index (κ3) is 3.60. The average Bonchev–Trinajstić information content (AvgIpc) is 2.45. The molecule has 2 aromatic carbocycles. The second-order valence-electron chi connectivity index (χ2n) is 6.34. The molecule has 3 N–H and O–H groups in total. The molecule has 0 amide bonds. The second-order valence-corrected chi connectivity index (χ2v) is 8.15. The van der Waals surface area contributed by atoms with E-state index in [0.717, 1.165) is 0 Å². The van der Waals surface area contributed by atoms with E-state index in [1.54, 1.807) is 30.3 Å². The number of benzene rings is 2. The number of hydrogen-bond donors (Lipinski definition) is 3. The van der Waals surface area contributed by atoms with Gasteiger partial charge in [-0.2, -0.15) is 0 Å². The summed E-state index contributed by atoms with van der Waals surface area (Å²) in [5.41, 5.74) is 1.15. The molecule has 0 heterocycles. The van der Waals surface area contributed by atoms with Crippen molar-refractivity contribution in [3.63, 3.8) is 0 Å². The third-order valence-corrected chi connectivity index (χ3v) is 4.65. The summed E-state index contributed by atoms with van der Waals surface area (Å²) in [5, 5.41) is 0.115. The Morgan fingerprint density at radius 1 is 0.909 bits per heavy atom. The minimum atomic E-state index is -4.44. The standard InChI is InChI=1S/C17H21O4P/c1-17(2,3)14-11-13(9-10-15(14)22(19,20)21)16(18)12-7-5-4-6-8-12/h4-11,19-22H,1-3H3. The molecule has 5 heteroatoms. The van der Waals surface area contributed by atoms with E-state index in [1.165, 1.54) is 12.1 Å². The van der Waals surface area contributed by atoms with E-state index in [4.69, 9.17) is 0 Å². The normalized spacial score (nSPS) is 13.0. The fourth-order valence-electron chi connectivity index (χ4n) is 2.35. The Hall–Kier alpha value is -1.58.